The van der Waals surface area contributed by atoms with Gasteiger partial charge in [0, 0.05) is 20.1 Å². The molecule has 0 aliphatic heterocycles. The summed E-state index contributed by atoms with van der Waals surface area (Å²) < 4.78 is 7.72. The van der Waals surface area contributed by atoms with Crippen LogP contribution < -0.4 is 10.1 Å². The summed E-state index contributed by atoms with van der Waals surface area (Å²) in [6.45, 7) is 2.44. The van der Waals surface area contributed by atoms with Crippen LogP contribution in [-0.2, 0) is 6.54 Å². The lowest BCUT2D eigenvalue weighted by Crippen LogP contribution is -2.39. The van der Waals surface area contributed by atoms with Gasteiger partial charge in [-0.1, -0.05) is 30.3 Å². The number of carbonyl (C=O) groups is 1. The van der Waals surface area contributed by atoms with E-state index in [2.05, 4.69) is 20.9 Å². The van der Waals surface area contributed by atoms with Crippen LogP contribution in [0.1, 0.15) is 6.42 Å². The van der Waals surface area contributed by atoms with Gasteiger partial charge in [0.25, 0.3) is 0 Å². The lowest BCUT2D eigenvalue weighted by atomic mass is 10.3. The number of nitrogens with zero attached hydrogens (tertiary/aromatic N) is 3. The molecular formula is C20H24N4O2. The molecular weight excluding hydrogens is 328 g/mol. The molecule has 0 fully saturated rings. The molecule has 3 aromatic rings. The molecule has 0 saturated heterocycles. The number of amides is 2. The third kappa shape index (κ3) is 4.75. The first-order valence-electron chi connectivity index (χ1n) is 8.81. The minimum atomic E-state index is -0.0860. The van der Waals surface area contributed by atoms with Crippen molar-refractivity contribution in [1.29, 1.82) is 0 Å². The lowest BCUT2D eigenvalue weighted by molar-refractivity contribution is 0.195. The molecule has 2 amide bonds. The van der Waals surface area contributed by atoms with Crippen molar-refractivity contribution in [3.05, 3.63) is 60.9 Å². The summed E-state index contributed by atoms with van der Waals surface area (Å²) in [5.74, 6) is 0.814. The summed E-state index contributed by atoms with van der Waals surface area (Å²) in [4.78, 5) is 18.1. The number of carbonyl (C=O) groups excluding carboxylic acids is 1. The molecule has 0 unspecified atom stereocenters. The van der Waals surface area contributed by atoms with Gasteiger partial charge in [-0.2, -0.15) is 0 Å². The molecule has 0 atom stereocenters. The topological polar surface area (TPSA) is 59.4 Å². The number of hydrogen-bond acceptors (Lipinski definition) is 3. The second-order valence-corrected chi connectivity index (χ2v) is 6.10. The Morgan fingerprint density at radius 2 is 1.92 bits per heavy atom. The zero-order chi connectivity index (χ0) is 18.2. The van der Waals surface area contributed by atoms with Crippen molar-refractivity contribution >= 4 is 17.1 Å². The molecule has 0 radical (unpaired) electrons. The number of nitrogens with one attached hydrogen (secondary N) is 1. The second kappa shape index (κ2) is 8.89. The van der Waals surface area contributed by atoms with Crippen molar-refractivity contribution in [2.45, 2.75) is 13.0 Å². The van der Waals surface area contributed by atoms with Gasteiger partial charge in [0.2, 0.25) is 0 Å². The molecule has 136 valence electrons. The number of aryl methyl sites for hydroxylation is 1. The maximum absolute atomic E-state index is 12.1. The number of benzene rings is 2. The van der Waals surface area contributed by atoms with Crippen molar-refractivity contribution < 1.29 is 9.53 Å². The van der Waals surface area contributed by atoms with Gasteiger partial charge >= 0.3 is 6.03 Å². The summed E-state index contributed by atoms with van der Waals surface area (Å²) in [6, 6.07) is 17.6. The van der Waals surface area contributed by atoms with E-state index in [0.29, 0.717) is 19.7 Å². The van der Waals surface area contributed by atoms with Gasteiger partial charge in [0.15, 0.2) is 0 Å². The number of imidazole rings is 1. The summed E-state index contributed by atoms with van der Waals surface area (Å²) in [5, 5.41) is 2.94. The van der Waals surface area contributed by atoms with E-state index >= 15 is 0 Å². The van der Waals surface area contributed by atoms with Gasteiger partial charge < -0.3 is 19.5 Å². The monoisotopic (exact) mass is 352 g/mol. The van der Waals surface area contributed by atoms with E-state index in [1.165, 1.54) is 0 Å². The molecule has 0 aliphatic rings. The van der Waals surface area contributed by atoms with Crippen LogP contribution in [-0.4, -0.2) is 47.2 Å². The van der Waals surface area contributed by atoms with Gasteiger partial charge in [-0.15, -0.1) is 0 Å². The van der Waals surface area contributed by atoms with Crippen molar-refractivity contribution in [2.75, 3.05) is 26.7 Å². The number of likely N-dealkylation sites (N-methyl/N-ethyl adjacent to an activating group) is 1. The highest BCUT2D eigenvalue weighted by Gasteiger charge is 2.08. The molecule has 2 aromatic carbocycles. The first kappa shape index (κ1) is 17.8. The molecule has 0 aliphatic carbocycles. The zero-order valence-electron chi connectivity index (χ0n) is 15.0. The fourth-order valence-corrected chi connectivity index (χ4v) is 2.69. The van der Waals surface area contributed by atoms with E-state index in [1.54, 1.807) is 11.9 Å². The standard InChI is InChI=1S/C20H24N4O2/c1-23(14-15-26-17-8-3-2-4-9-17)20(25)21-12-7-13-24-16-22-18-10-5-6-11-19(18)24/h2-6,8-11,16H,7,12-15H2,1H3,(H,21,25). The fraction of sp³-hybridized carbons (Fsp3) is 0.300. The van der Waals surface area contributed by atoms with Crippen molar-refractivity contribution in [3.8, 4) is 5.75 Å². The number of fused-ring (bicyclic) bond motifs is 1. The van der Waals surface area contributed by atoms with Gasteiger partial charge in [0.05, 0.1) is 23.9 Å². The predicted octanol–water partition coefficient (Wildman–Crippen LogP) is 3.15. The highest BCUT2D eigenvalue weighted by Crippen LogP contribution is 2.12. The SMILES string of the molecule is CN(CCOc1ccccc1)C(=O)NCCCn1cnc2ccccc21. The number of ether oxygens (including phenoxy) is 1. The number of para-hydroxylation sites is 3. The minimum absolute atomic E-state index is 0.0860. The highest BCUT2D eigenvalue weighted by atomic mass is 16.5. The third-order valence-corrected chi connectivity index (χ3v) is 4.16. The van der Waals surface area contributed by atoms with Crippen molar-refractivity contribution in [3.63, 3.8) is 0 Å². The molecule has 1 aromatic heterocycles. The Kier molecular flexibility index (Phi) is 6.09. The van der Waals surface area contributed by atoms with Crippen LogP contribution in [0.2, 0.25) is 0 Å². The van der Waals surface area contributed by atoms with E-state index in [0.717, 1.165) is 29.7 Å². The Hall–Kier alpha value is -3.02. The molecule has 3 rings (SSSR count). The summed E-state index contributed by atoms with van der Waals surface area (Å²) in [6.07, 6.45) is 2.69. The van der Waals surface area contributed by atoms with E-state index in [-0.39, 0.29) is 6.03 Å². The molecule has 6 nitrogen and oxygen atoms in total. The van der Waals surface area contributed by atoms with E-state index in [1.807, 2.05) is 54.9 Å². The Labute approximate surface area is 153 Å². The Morgan fingerprint density at radius 1 is 1.15 bits per heavy atom. The van der Waals surface area contributed by atoms with Crippen molar-refractivity contribution in [1.82, 2.24) is 19.8 Å². The summed E-state index contributed by atoms with van der Waals surface area (Å²) in [7, 11) is 1.77. The second-order valence-electron chi connectivity index (χ2n) is 6.10. The van der Waals surface area contributed by atoms with Crippen LogP contribution in [0, 0.1) is 0 Å². The highest BCUT2D eigenvalue weighted by molar-refractivity contribution is 5.75. The number of urea groups is 1. The first-order chi connectivity index (χ1) is 12.7. The number of aromatic nitrogens is 2. The molecule has 26 heavy (non-hydrogen) atoms. The Morgan fingerprint density at radius 3 is 2.77 bits per heavy atom. The van der Waals surface area contributed by atoms with E-state index < -0.39 is 0 Å². The molecule has 6 heteroatoms. The predicted molar refractivity (Wildman–Crippen MR) is 102 cm³/mol. The molecule has 0 saturated carbocycles. The van der Waals surface area contributed by atoms with Crippen LogP contribution in [0.4, 0.5) is 4.79 Å². The third-order valence-electron chi connectivity index (χ3n) is 4.16. The molecule has 1 heterocycles. The Bertz CT molecular complexity index is 832. The van der Waals surface area contributed by atoms with E-state index in [9.17, 15) is 4.79 Å². The van der Waals surface area contributed by atoms with Gasteiger partial charge in [-0.3, -0.25) is 0 Å². The van der Waals surface area contributed by atoms with Gasteiger partial charge in [0.1, 0.15) is 12.4 Å². The van der Waals surface area contributed by atoms with Gasteiger partial charge in [-0.05, 0) is 30.7 Å². The number of rotatable bonds is 8. The lowest BCUT2D eigenvalue weighted by Gasteiger charge is -2.18. The van der Waals surface area contributed by atoms with Crippen molar-refractivity contribution in [2.24, 2.45) is 0 Å². The maximum Gasteiger partial charge on any atom is 0.317 e. The largest absolute Gasteiger partial charge is 0.492 e. The Balaban J connectivity index is 1.34. The molecule has 0 bridgehead atoms. The summed E-state index contributed by atoms with van der Waals surface area (Å²) >= 11 is 0. The van der Waals surface area contributed by atoms with Crippen LogP contribution in [0.3, 0.4) is 0 Å². The van der Waals surface area contributed by atoms with E-state index in [4.69, 9.17) is 4.74 Å². The average molecular weight is 352 g/mol. The fourth-order valence-electron chi connectivity index (χ4n) is 2.69. The van der Waals surface area contributed by atoms with Crippen LogP contribution in [0.5, 0.6) is 5.75 Å². The molecule has 0 spiro atoms. The van der Waals surface area contributed by atoms with Crippen LogP contribution in [0.25, 0.3) is 11.0 Å². The maximum atomic E-state index is 12.1. The normalized spacial score (nSPS) is 10.7. The quantitative estimate of drug-likeness (QED) is 0.634. The zero-order valence-corrected chi connectivity index (χ0v) is 15.0. The van der Waals surface area contributed by atoms with Gasteiger partial charge in [-0.25, -0.2) is 9.78 Å². The first-order valence-corrected chi connectivity index (χ1v) is 8.81. The minimum Gasteiger partial charge on any atom is -0.492 e. The molecule has 1 N–H and O–H groups in total. The summed E-state index contributed by atoms with van der Waals surface area (Å²) in [5.41, 5.74) is 2.11. The van der Waals surface area contributed by atoms with Crippen LogP contribution >= 0.6 is 0 Å². The smallest absolute Gasteiger partial charge is 0.317 e. The average Bonchev–Trinajstić information content (AvgIpc) is 3.09. The van der Waals surface area contributed by atoms with Crippen LogP contribution in [0.15, 0.2) is 60.9 Å². The number of hydrogen-bond donors (Lipinski definition) is 1.